The van der Waals surface area contributed by atoms with E-state index in [9.17, 15) is 17.2 Å². The van der Waals surface area contributed by atoms with Gasteiger partial charge < -0.3 is 5.73 Å². The van der Waals surface area contributed by atoms with E-state index in [-0.39, 0.29) is 11.4 Å². The fourth-order valence-corrected chi connectivity index (χ4v) is 2.82. The van der Waals surface area contributed by atoms with E-state index < -0.39 is 27.7 Å². The number of hydrogen-bond donors (Lipinski definition) is 2. The molecule has 1 unspecified atom stereocenters. The van der Waals surface area contributed by atoms with E-state index in [1.54, 1.807) is 24.3 Å². The van der Waals surface area contributed by atoms with Crippen molar-refractivity contribution in [1.29, 1.82) is 0 Å². The van der Waals surface area contributed by atoms with E-state index in [4.69, 9.17) is 5.73 Å². The van der Waals surface area contributed by atoms with Gasteiger partial charge in [-0.2, -0.15) is 0 Å². The quantitative estimate of drug-likeness (QED) is 0.886. The van der Waals surface area contributed by atoms with Crippen LogP contribution in [0, 0.1) is 11.6 Å². The van der Waals surface area contributed by atoms with Crippen molar-refractivity contribution in [2.45, 2.75) is 10.9 Å². The van der Waals surface area contributed by atoms with Crippen LogP contribution in [0.4, 0.5) is 8.78 Å². The second-order valence-corrected chi connectivity index (χ2v) is 6.21. The van der Waals surface area contributed by atoms with E-state index >= 15 is 0 Å². The van der Waals surface area contributed by atoms with Crippen molar-refractivity contribution in [2.75, 3.05) is 6.54 Å². The summed E-state index contributed by atoms with van der Waals surface area (Å²) < 4.78 is 52.1. The van der Waals surface area contributed by atoms with Crippen LogP contribution < -0.4 is 10.5 Å². The van der Waals surface area contributed by atoms with Gasteiger partial charge in [0.15, 0.2) is 11.6 Å². The third kappa shape index (κ3) is 3.84. The largest absolute Gasteiger partial charge is 0.323 e. The molecular weight excluding hydrogens is 298 g/mol. The van der Waals surface area contributed by atoms with Crippen LogP contribution in [0.25, 0.3) is 0 Å². The Bertz CT molecular complexity index is 721. The first kappa shape index (κ1) is 15.6. The number of halogens is 2. The molecule has 0 bridgehead atoms. The van der Waals surface area contributed by atoms with Crippen LogP contribution in [-0.2, 0) is 10.0 Å². The zero-order valence-electron chi connectivity index (χ0n) is 11.0. The maximum atomic E-state index is 13.1. The van der Waals surface area contributed by atoms with Crippen LogP contribution in [0.3, 0.4) is 0 Å². The van der Waals surface area contributed by atoms with Gasteiger partial charge in [-0.25, -0.2) is 21.9 Å². The predicted molar refractivity (Wildman–Crippen MR) is 74.9 cm³/mol. The van der Waals surface area contributed by atoms with Crippen molar-refractivity contribution < 1.29 is 17.2 Å². The van der Waals surface area contributed by atoms with Crippen molar-refractivity contribution in [3.63, 3.8) is 0 Å². The van der Waals surface area contributed by atoms with Gasteiger partial charge in [0.1, 0.15) is 0 Å². The summed E-state index contributed by atoms with van der Waals surface area (Å²) in [6, 6.07) is 10.8. The number of nitrogens with two attached hydrogens (primary N) is 1. The standard InChI is InChI=1S/C14H14F2N2O2S/c15-12-7-6-11(8-13(12)16)21(19,20)18-9-14(17)10-4-2-1-3-5-10/h1-8,14,18H,9,17H2. The average molecular weight is 312 g/mol. The monoisotopic (exact) mass is 312 g/mol. The Kier molecular flexibility index (Phi) is 4.66. The summed E-state index contributed by atoms with van der Waals surface area (Å²) in [5.74, 6) is -2.32. The summed E-state index contributed by atoms with van der Waals surface area (Å²) in [6.07, 6.45) is 0. The Morgan fingerprint density at radius 3 is 2.33 bits per heavy atom. The zero-order valence-corrected chi connectivity index (χ0v) is 11.8. The maximum Gasteiger partial charge on any atom is 0.240 e. The van der Waals surface area contributed by atoms with Gasteiger partial charge in [0.25, 0.3) is 0 Å². The Morgan fingerprint density at radius 1 is 1.05 bits per heavy atom. The van der Waals surface area contributed by atoms with E-state index in [2.05, 4.69) is 4.72 Å². The van der Waals surface area contributed by atoms with Gasteiger partial charge in [0.05, 0.1) is 4.90 Å². The first-order chi connectivity index (χ1) is 9.90. The van der Waals surface area contributed by atoms with Gasteiger partial charge >= 0.3 is 0 Å². The van der Waals surface area contributed by atoms with Crippen molar-refractivity contribution in [2.24, 2.45) is 5.73 Å². The molecule has 0 radical (unpaired) electrons. The molecule has 0 saturated heterocycles. The van der Waals surface area contributed by atoms with Gasteiger partial charge in [-0.15, -0.1) is 0 Å². The van der Waals surface area contributed by atoms with E-state index in [1.807, 2.05) is 6.07 Å². The molecule has 0 saturated carbocycles. The third-order valence-corrected chi connectivity index (χ3v) is 4.34. The van der Waals surface area contributed by atoms with Crippen molar-refractivity contribution in [3.05, 3.63) is 65.7 Å². The van der Waals surface area contributed by atoms with Crippen LogP contribution in [-0.4, -0.2) is 15.0 Å². The molecule has 0 amide bonds. The molecule has 2 aromatic carbocycles. The van der Waals surface area contributed by atoms with Crippen LogP contribution in [0.5, 0.6) is 0 Å². The molecule has 2 rings (SSSR count). The predicted octanol–water partition coefficient (Wildman–Crippen LogP) is 1.94. The molecule has 3 N–H and O–H groups in total. The third-order valence-electron chi connectivity index (χ3n) is 2.92. The lowest BCUT2D eigenvalue weighted by Gasteiger charge is -2.13. The number of benzene rings is 2. The fourth-order valence-electron chi connectivity index (χ4n) is 1.74. The van der Waals surface area contributed by atoms with E-state index in [1.165, 1.54) is 0 Å². The highest BCUT2D eigenvalue weighted by Gasteiger charge is 2.17. The SMILES string of the molecule is NC(CNS(=O)(=O)c1ccc(F)c(F)c1)c1ccccc1. The van der Waals surface area contributed by atoms with E-state index in [0.717, 1.165) is 17.7 Å². The lowest BCUT2D eigenvalue weighted by molar-refractivity contribution is 0.504. The number of hydrogen-bond acceptors (Lipinski definition) is 3. The molecule has 0 fully saturated rings. The molecule has 2 aromatic rings. The summed E-state index contributed by atoms with van der Waals surface area (Å²) in [5.41, 5.74) is 6.64. The van der Waals surface area contributed by atoms with E-state index in [0.29, 0.717) is 6.07 Å². The number of nitrogens with one attached hydrogen (secondary N) is 1. The topological polar surface area (TPSA) is 72.2 Å². The summed E-state index contributed by atoms with van der Waals surface area (Å²) >= 11 is 0. The molecule has 0 aliphatic rings. The highest BCUT2D eigenvalue weighted by atomic mass is 32.2. The molecule has 21 heavy (non-hydrogen) atoms. The van der Waals surface area contributed by atoms with Crippen molar-refractivity contribution in [3.8, 4) is 0 Å². The Hall–Kier alpha value is -1.83. The Labute approximate surface area is 121 Å². The Morgan fingerprint density at radius 2 is 1.71 bits per heavy atom. The first-order valence-corrected chi connectivity index (χ1v) is 7.64. The molecule has 0 aliphatic carbocycles. The minimum absolute atomic E-state index is 0.0503. The lowest BCUT2D eigenvalue weighted by Crippen LogP contribution is -2.32. The number of rotatable bonds is 5. The molecule has 0 heterocycles. The second kappa shape index (κ2) is 6.30. The molecule has 0 aromatic heterocycles. The van der Waals surface area contributed by atoms with Crippen LogP contribution in [0.2, 0.25) is 0 Å². The maximum absolute atomic E-state index is 13.1. The number of sulfonamides is 1. The van der Waals surface area contributed by atoms with Gasteiger partial charge in [-0.3, -0.25) is 0 Å². The average Bonchev–Trinajstić information content (AvgIpc) is 2.48. The van der Waals surface area contributed by atoms with Gasteiger partial charge in [-0.05, 0) is 23.8 Å². The minimum Gasteiger partial charge on any atom is -0.323 e. The highest BCUT2D eigenvalue weighted by molar-refractivity contribution is 7.89. The normalized spacial score (nSPS) is 13.1. The second-order valence-electron chi connectivity index (χ2n) is 4.44. The Balaban J connectivity index is 2.09. The van der Waals surface area contributed by atoms with Crippen molar-refractivity contribution in [1.82, 2.24) is 4.72 Å². The first-order valence-electron chi connectivity index (χ1n) is 6.15. The zero-order chi connectivity index (χ0) is 15.5. The molecule has 112 valence electrons. The molecule has 4 nitrogen and oxygen atoms in total. The summed E-state index contributed by atoms with van der Waals surface area (Å²) in [6.45, 7) is -0.0503. The highest BCUT2D eigenvalue weighted by Crippen LogP contribution is 2.15. The summed E-state index contributed by atoms with van der Waals surface area (Å²) in [7, 11) is -3.94. The fraction of sp³-hybridized carbons (Fsp3) is 0.143. The summed E-state index contributed by atoms with van der Waals surface area (Å²) in [4.78, 5) is -0.346. The van der Waals surface area contributed by atoms with Gasteiger partial charge in [0, 0.05) is 12.6 Å². The minimum atomic E-state index is -3.94. The molecule has 0 aliphatic heterocycles. The smallest absolute Gasteiger partial charge is 0.240 e. The van der Waals surface area contributed by atoms with Crippen LogP contribution in [0.1, 0.15) is 11.6 Å². The summed E-state index contributed by atoms with van der Waals surface area (Å²) in [5, 5.41) is 0. The molecule has 1 atom stereocenters. The van der Waals surface area contributed by atoms with Gasteiger partial charge in [-0.1, -0.05) is 30.3 Å². The van der Waals surface area contributed by atoms with Gasteiger partial charge in [0.2, 0.25) is 10.0 Å². The molecule has 0 spiro atoms. The molecule has 7 heteroatoms. The van der Waals surface area contributed by atoms with Crippen molar-refractivity contribution >= 4 is 10.0 Å². The van der Waals surface area contributed by atoms with Crippen LogP contribution >= 0.6 is 0 Å². The lowest BCUT2D eigenvalue weighted by atomic mass is 10.1. The van der Waals surface area contributed by atoms with Crippen LogP contribution in [0.15, 0.2) is 53.4 Å². The molecular formula is C14H14F2N2O2S.